The Morgan fingerprint density at radius 2 is 2.00 bits per heavy atom. The van der Waals surface area contributed by atoms with Gasteiger partial charge in [-0.15, -0.1) is 0 Å². The molecule has 5 nitrogen and oxygen atoms in total. The van der Waals surface area contributed by atoms with Crippen LogP contribution in [0.15, 0.2) is 48.5 Å². The summed E-state index contributed by atoms with van der Waals surface area (Å²) in [5.74, 6) is 0.721. The Morgan fingerprint density at radius 3 is 2.79 bits per heavy atom. The van der Waals surface area contributed by atoms with Crippen molar-refractivity contribution in [2.75, 3.05) is 26.8 Å². The zero-order valence-corrected chi connectivity index (χ0v) is 16.8. The van der Waals surface area contributed by atoms with Crippen LogP contribution in [-0.2, 0) is 29.1 Å². The molecule has 28 heavy (non-hydrogen) atoms. The van der Waals surface area contributed by atoms with Crippen molar-refractivity contribution in [2.24, 2.45) is 0 Å². The molecule has 0 saturated heterocycles. The lowest BCUT2D eigenvalue weighted by Crippen LogP contribution is -2.46. The molecule has 1 aliphatic heterocycles. The van der Waals surface area contributed by atoms with Gasteiger partial charge in [-0.05, 0) is 41.7 Å². The highest BCUT2D eigenvalue weighted by atomic mass is 16.5. The zero-order chi connectivity index (χ0) is 19.8. The molecule has 5 heteroatoms. The summed E-state index contributed by atoms with van der Waals surface area (Å²) < 4.78 is 10.8. The average Bonchev–Trinajstić information content (AvgIpc) is 2.74. The van der Waals surface area contributed by atoms with E-state index in [1.807, 2.05) is 24.3 Å². The predicted octanol–water partition coefficient (Wildman–Crippen LogP) is 3.16. The quantitative estimate of drug-likeness (QED) is 0.724. The van der Waals surface area contributed by atoms with Crippen molar-refractivity contribution in [3.63, 3.8) is 0 Å². The van der Waals surface area contributed by atoms with E-state index in [2.05, 4.69) is 41.4 Å². The second-order valence-electron chi connectivity index (χ2n) is 7.20. The summed E-state index contributed by atoms with van der Waals surface area (Å²) in [4.78, 5) is 14.7. The fraction of sp³-hybridized carbons (Fsp3) is 0.435. The van der Waals surface area contributed by atoms with E-state index in [9.17, 15) is 4.79 Å². The number of carbonyl (C=O) groups is 1. The van der Waals surface area contributed by atoms with Crippen molar-refractivity contribution in [1.29, 1.82) is 0 Å². The Hall–Kier alpha value is -2.37. The first-order valence-electron chi connectivity index (χ1n) is 9.97. The van der Waals surface area contributed by atoms with E-state index in [-0.39, 0.29) is 12.5 Å². The van der Waals surface area contributed by atoms with Gasteiger partial charge in [0.15, 0.2) is 0 Å². The van der Waals surface area contributed by atoms with Gasteiger partial charge in [-0.1, -0.05) is 43.3 Å². The van der Waals surface area contributed by atoms with Crippen molar-refractivity contribution < 1.29 is 14.3 Å². The van der Waals surface area contributed by atoms with Crippen molar-refractivity contribution in [3.05, 3.63) is 65.2 Å². The number of hydrogen-bond donors (Lipinski definition) is 1. The van der Waals surface area contributed by atoms with Gasteiger partial charge in [-0.2, -0.15) is 0 Å². The molecule has 0 spiro atoms. The number of nitrogens with zero attached hydrogens (tertiary/aromatic N) is 1. The largest absolute Gasteiger partial charge is 0.497 e. The summed E-state index contributed by atoms with van der Waals surface area (Å²) >= 11 is 0. The molecule has 0 radical (unpaired) electrons. The number of methoxy groups -OCH3 is 1. The summed E-state index contributed by atoms with van der Waals surface area (Å²) in [5, 5.41) is 3.03. The van der Waals surface area contributed by atoms with E-state index in [0.29, 0.717) is 19.2 Å². The Bertz CT molecular complexity index is 778. The molecule has 1 N–H and O–H groups in total. The second-order valence-corrected chi connectivity index (χ2v) is 7.20. The molecule has 150 valence electrons. The first-order valence-corrected chi connectivity index (χ1v) is 9.97. The molecule has 2 aromatic carbocycles. The Kier molecular flexibility index (Phi) is 7.46. The fourth-order valence-corrected chi connectivity index (χ4v) is 3.67. The first-order chi connectivity index (χ1) is 13.7. The van der Waals surface area contributed by atoms with Crippen LogP contribution in [-0.4, -0.2) is 43.7 Å². The van der Waals surface area contributed by atoms with Crippen LogP contribution in [0.25, 0.3) is 0 Å². The average molecular weight is 383 g/mol. The number of nitrogens with one attached hydrogen (secondary N) is 1. The number of amides is 1. The summed E-state index contributed by atoms with van der Waals surface area (Å²) in [7, 11) is 1.64. The van der Waals surface area contributed by atoms with E-state index < -0.39 is 0 Å². The van der Waals surface area contributed by atoms with Crippen LogP contribution in [0.3, 0.4) is 0 Å². The summed E-state index contributed by atoms with van der Waals surface area (Å²) in [6.45, 7) is 5.28. The van der Waals surface area contributed by atoms with Crippen LogP contribution in [0, 0.1) is 0 Å². The standard InChI is InChI=1S/C23H30N2O3/c1-3-21(25-12-11-19-8-4-5-9-20(19)15-25)14-24-23(26)17-28-16-18-7-6-10-22(13-18)27-2/h4-10,13,21H,3,11-12,14-17H2,1-2H3,(H,24,26)/t21-/m1/s1. The third kappa shape index (κ3) is 5.57. The van der Waals surface area contributed by atoms with Crippen molar-refractivity contribution in [1.82, 2.24) is 10.2 Å². The lowest BCUT2D eigenvalue weighted by Gasteiger charge is -2.35. The van der Waals surface area contributed by atoms with Gasteiger partial charge in [-0.3, -0.25) is 9.69 Å². The molecule has 0 fully saturated rings. The number of carbonyl (C=O) groups excluding carboxylic acids is 1. The maximum atomic E-state index is 12.2. The molecule has 3 rings (SSSR count). The maximum Gasteiger partial charge on any atom is 0.246 e. The highest BCUT2D eigenvalue weighted by Gasteiger charge is 2.22. The Balaban J connectivity index is 1.41. The summed E-state index contributed by atoms with van der Waals surface area (Å²) in [6.07, 6.45) is 2.08. The minimum Gasteiger partial charge on any atom is -0.497 e. The number of rotatable bonds is 9. The van der Waals surface area contributed by atoms with Gasteiger partial charge in [0.05, 0.1) is 13.7 Å². The van der Waals surface area contributed by atoms with E-state index in [1.165, 1.54) is 11.1 Å². The van der Waals surface area contributed by atoms with E-state index in [1.54, 1.807) is 7.11 Å². The van der Waals surface area contributed by atoms with Gasteiger partial charge in [0, 0.05) is 25.7 Å². The third-order valence-corrected chi connectivity index (χ3v) is 5.32. The highest BCUT2D eigenvalue weighted by molar-refractivity contribution is 5.77. The smallest absolute Gasteiger partial charge is 0.246 e. The van der Waals surface area contributed by atoms with Gasteiger partial charge in [0.1, 0.15) is 12.4 Å². The molecular formula is C23H30N2O3. The first kappa shape index (κ1) is 20.4. The number of hydrogen-bond acceptors (Lipinski definition) is 4. The summed E-state index contributed by atoms with van der Waals surface area (Å²) in [6, 6.07) is 16.7. The minimum absolute atomic E-state index is 0.0659. The van der Waals surface area contributed by atoms with Crippen LogP contribution >= 0.6 is 0 Å². The molecule has 2 aromatic rings. The monoisotopic (exact) mass is 382 g/mol. The van der Waals surface area contributed by atoms with Gasteiger partial charge in [0.25, 0.3) is 0 Å². The van der Waals surface area contributed by atoms with Crippen LogP contribution in [0.5, 0.6) is 5.75 Å². The SMILES string of the molecule is CC[C@H](CNC(=O)COCc1cccc(OC)c1)N1CCc2ccccc2C1. The van der Waals surface area contributed by atoms with Gasteiger partial charge < -0.3 is 14.8 Å². The highest BCUT2D eigenvalue weighted by Crippen LogP contribution is 2.21. The lowest BCUT2D eigenvalue weighted by molar-refractivity contribution is -0.126. The molecule has 0 unspecified atom stereocenters. The molecule has 1 amide bonds. The van der Waals surface area contributed by atoms with Crippen LogP contribution in [0.4, 0.5) is 0 Å². The molecule has 1 atom stereocenters. The molecule has 0 aliphatic carbocycles. The van der Waals surface area contributed by atoms with Gasteiger partial charge in [0.2, 0.25) is 5.91 Å². The third-order valence-electron chi connectivity index (χ3n) is 5.32. The molecule has 0 bridgehead atoms. The molecule has 0 aromatic heterocycles. The molecule has 1 aliphatic rings. The van der Waals surface area contributed by atoms with E-state index in [0.717, 1.165) is 37.2 Å². The zero-order valence-electron chi connectivity index (χ0n) is 16.8. The van der Waals surface area contributed by atoms with Gasteiger partial charge >= 0.3 is 0 Å². The molecule has 1 heterocycles. The number of ether oxygens (including phenoxy) is 2. The molecule has 0 saturated carbocycles. The number of benzene rings is 2. The number of fused-ring (bicyclic) bond motifs is 1. The van der Waals surface area contributed by atoms with E-state index in [4.69, 9.17) is 9.47 Å². The van der Waals surface area contributed by atoms with Crippen LogP contribution in [0.2, 0.25) is 0 Å². The molecular weight excluding hydrogens is 352 g/mol. The van der Waals surface area contributed by atoms with Crippen molar-refractivity contribution >= 4 is 5.91 Å². The second kappa shape index (κ2) is 10.2. The van der Waals surface area contributed by atoms with E-state index >= 15 is 0 Å². The topological polar surface area (TPSA) is 50.8 Å². The fourth-order valence-electron chi connectivity index (χ4n) is 3.67. The predicted molar refractivity (Wildman–Crippen MR) is 110 cm³/mol. The van der Waals surface area contributed by atoms with Crippen LogP contribution < -0.4 is 10.1 Å². The lowest BCUT2D eigenvalue weighted by atomic mass is 9.98. The maximum absolute atomic E-state index is 12.2. The van der Waals surface area contributed by atoms with Gasteiger partial charge in [-0.25, -0.2) is 0 Å². The van der Waals surface area contributed by atoms with Crippen molar-refractivity contribution in [2.45, 2.75) is 39.0 Å². The summed E-state index contributed by atoms with van der Waals surface area (Å²) in [5.41, 5.74) is 3.84. The minimum atomic E-state index is -0.0706. The normalized spacial score (nSPS) is 14.9. The Morgan fingerprint density at radius 1 is 1.18 bits per heavy atom. The Labute approximate surface area is 167 Å². The van der Waals surface area contributed by atoms with Crippen molar-refractivity contribution in [3.8, 4) is 5.75 Å². The van der Waals surface area contributed by atoms with Crippen LogP contribution in [0.1, 0.15) is 30.0 Å².